The van der Waals surface area contributed by atoms with E-state index in [1.54, 1.807) is 6.07 Å². The Morgan fingerprint density at radius 2 is 1.83 bits per heavy atom. The molecule has 0 radical (unpaired) electrons. The van der Waals surface area contributed by atoms with Gasteiger partial charge in [0.05, 0.1) is 17.4 Å². The molecule has 4 N–H and O–H groups in total. The molecule has 0 aliphatic carbocycles. The van der Waals surface area contributed by atoms with Crippen molar-refractivity contribution in [1.29, 1.82) is 0 Å². The number of phenolic OH excluding ortho intramolecular Hbond substituents is 1. The van der Waals surface area contributed by atoms with Crippen LogP contribution in [0.25, 0.3) is 11.3 Å². The highest BCUT2D eigenvalue weighted by Gasteiger charge is 2.39. The van der Waals surface area contributed by atoms with Crippen molar-refractivity contribution in [3.05, 3.63) is 30.3 Å². The smallest absolute Gasteiger partial charge is 0.490 e. The number of nitrogens with one attached hydrogen (secondary N) is 2. The van der Waals surface area contributed by atoms with Crippen LogP contribution in [0, 0.1) is 0 Å². The number of carboxylic acid groups (broad SMARTS) is 1. The molecule has 2 atom stereocenters. The third-order valence-corrected chi connectivity index (χ3v) is 6.72. The van der Waals surface area contributed by atoms with E-state index in [2.05, 4.69) is 43.6 Å². The van der Waals surface area contributed by atoms with Gasteiger partial charge < -0.3 is 25.7 Å². The van der Waals surface area contributed by atoms with E-state index in [-0.39, 0.29) is 5.75 Å². The molecule has 0 bridgehead atoms. The Bertz CT molecular complexity index is 1050. The second kappa shape index (κ2) is 10.2. The number of anilines is 2. The van der Waals surface area contributed by atoms with Gasteiger partial charge in [-0.25, -0.2) is 4.79 Å². The normalized spacial score (nSPS) is 22.8. The summed E-state index contributed by atoms with van der Waals surface area (Å²) < 4.78 is 31.7. The summed E-state index contributed by atoms with van der Waals surface area (Å²) in [6.07, 6.45) is -2.60. The number of rotatable bonds is 2. The van der Waals surface area contributed by atoms with Crippen LogP contribution in [0.1, 0.15) is 19.8 Å². The van der Waals surface area contributed by atoms with E-state index >= 15 is 0 Å². The fourth-order valence-electron chi connectivity index (χ4n) is 4.90. The van der Waals surface area contributed by atoms with Gasteiger partial charge in [0.15, 0.2) is 5.82 Å². The van der Waals surface area contributed by atoms with Crippen molar-refractivity contribution in [3.8, 4) is 17.0 Å². The van der Waals surface area contributed by atoms with E-state index in [0.29, 0.717) is 23.8 Å². The second-order valence-electron chi connectivity index (χ2n) is 8.95. The van der Waals surface area contributed by atoms with Gasteiger partial charge in [0.2, 0.25) is 0 Å². The topological polar surface area (TPSA) is 114 Å². The second-order valence-corrected chi connectivity index (χ2v) is 8.95. The minimum atomic E-state index is -5.08. The largest absolute Gasteiger partial charge is 0.507 e. The van der Waals surface area contributed by atoms with Crippen molar-refractivity contribution >= 4 is 17.5 Å². The van der Waals surface area contributed by atoms with E-state index in [1.165, 1.54) is 12.8 Å². The third-order valence-electron chi connectivity index (χ3n) is 6.72. The number of carboxylic acids is 1. The summed E-state index contributed by atoms with van der Waals surface area (Å²) in [5, 5.41) is 33.2. The molecule has 12 heteroatoms. The number of phenols is 1. The molecule has 1 aromatic heterocycles. The highest BCUT2D eigenvalue weighted by molar-refractivity contribution is 5.77. The number of piperidine rings is 1. The molecule has 2 saturated heterocycles. The summed E-state index contributed by atoms with van der Waals surface area (Å²) >= 11 is 0. The summed E-state index contributed by atoms with van der Waals surface area (Å²) in [6.45, 7) is 7.66. The lowest BCUT2D eigenvalue weighted by atomic mass is 9.96. The summed E-state index contributed by atoms with van der Waals surface area (Å²) in [5.74, 6) is -1.67. The molecule has 4 heterocycles. The number of fused-ring (bicyclic) bond motifs is 3. The van der Waals surface area contributed by atoms with E-state index in [4.69, 9.17) is 9.90 Å². The highest BCUT2D eigenvalue weighted by atomic mass is 19.4. The van der Waals surface area contributed by atoms with Crippen LogP contribution in [0.3, 0.4) is 0 Å². The number of halogens is 3. The Hall–Kier alpha value is -3.12. The van der Waals surface area contributed by atoms with Crippen LogP contribution in [-0.4, -0.2) is 88.3 Å². The van der Waals surface area contributed by atoms with Crippen LogP contribution in [0.2, 0.25) is 0 Å². The van der Waals surface area contributed by atoms with Gasteiger partial charge >= 0.3 is 12.1 Å². The zero-order chi connectivity index (χ0) is 25.2. The number of nitrogens with zero attached hydrogens (tertiary/aromatic N) is 4. The lowest BCUT2D eigenvalue weighted by molar-refractivity contribution is -0.192. The number of aromatic hydroxyl groups is 1. The first-order valence-corrected chi connectivity index (χ1v) is 11.6. The average molecular weight is 495 g/mol. The van der Waals surface area contributed by atoms with Gasteiger partial charge in [0.25, 0.3) is 0 Å². The number of benzene rings is 1. The Balaban J connectivity index is 0.000000364. The summed E-state index contributed by atoms with van der Waals surface area (Å²) in [6, 6.07) is 10.8. The van der Waals surface area contributed by atoms with E-state index in [9.17, 15) is 18.3 Å². The first-order valence-electron chi connectivity index (χ1n) is 11.6. The monoisotopic (exact) mass is 494 g/mol. The predicted molar refractivity (Wildman–Crippen MR) is 125 cm³/mol. The lowest BCUT2D eigenvalue weighted by Crippen LogP contribution is -2.63. The van der Waals surface area contributed by atoms with Crippen LogP contribution < -0.4 is 15.5 Å². The van der Waals surface area contributed by atoms with Crippen molar-refractivity contribution in [1.82, 2.24) is 20.4 Å². The molecular weight excluding hydrogens is 465 g/mol. The zero-order valence-corrected chi connectivity index (χ0v) is 19.3. The quantitative estimate of drug-likeness (QED) is 0.500. The number of hydrogen-bond donors (Lipinski definition) is 4. The predicted octanol–water partition coefficient (Wildman–Crippen LogP) is 2.54. The van der Waals surface area contributed by atoms with Crippen molar-refractivity contribution < 1.29 is 28.2 Å². The molecule has 5 rings (SSSR count). The fourth-order valence-corrected chi connectivity index (χ4v) is 4.90. The van der Waals surface area contributed by atoms with Gasteiger partial charge in [-0.05, 0) is 51.1 Å². The van der Waals surface area contributed by atoms with Gasteiger partial charge in [-0.3, -0.25) is 4.90 Å². The maximum absolute atomic E-state index is 10.6. The van der Waals surface area contributed by atoms with Crippen molar-refractivity contribution in [2.45, 2.75) is 44.1 Å². The minimum absolute atomic E-state index is 0.237. The number of piperazine rings is 1. The number of alkyl halides is 3. The Morgan fingerprint density at radius 1 is 1.14 bits per heavy atom. The maximum Gasteiger partial charge on any atom is 0.490 e. The molecule has 190 valence electrons. The van der Waals surface area contributed by atoms with Crippen LogP contribution in [-0.2, 0) is 4.79 Å². The minimum Gasteiger partial charge on any atom is -0.507 e. The van der Waals surface area contributed by atoms with E-state index in [0.717, 1.165) is 49.8 Å². The fraction of sp³-hybridized carbons (Fsp3) is 0.522. The molecule has 0 unspecified atom stereocenters. The van der Waals surface area contributed by atoms with Gasteiger partial charge in [-0.15, -0.1) is 10.2 Å². The molecule has 0 amide bonds. The van der Waals surface area contributed by atoms with Crippen LogP contribution in [0.5, 0.6) is 5.75 Å². The van der Waals surface area contributed by atoms with Gasteiger partial charge in [0, 0.05) is 37.3 Å². The highest BCUT2D eigenvalue weighted by Crippen LogP contribution is 2.38. The maximum atomic E-state index is 10.6. The molecular formula is C23H29F3N6O3. The molecule has 9 nitrogen and oxygen atoms in total. The Morgan fingerprint density at radius 3 is 2.49 bits per heavy atom. The molecule has 2 aromatic rings. The summed E-state index contributed by atoms with van der Waals surface area (Å²) in [4.78, 5) is 14.1. The van der Waals surface area contributed by atoms with Gasteiger partial charge in [-0.2, -0.15) is 13.2 Å². The number of carbonyl (C=O) groups is 1. The van der Waals surface area contributed by atoms with E-state index < -0.39 is 12.1 Å². The van der Waals surface area contributed by atoms with E-state index in [1.807, 2.05) is 18.2 Å². The summed E-state index contributed by atoms with van der Waals surface area (Å²) in [7, 11) is 0. The van der Waals surface area contributed by atoms with Crippen LogP contribution >= 0.6 is 0 Å². The Kier molecular flexibility index (Phi) is 7.31. The molecule has 35 heavy (non-hydrogen) atoms. The van der Waals surface area contributed by atoms with Gasteiger partial charge in [0.1, 0.15) is 5.75 Å². The first-order chi connectivity index (χ1) is 16.6. The van der Waals surface area contributed by atoms with Crippen LogP contribution in [0.15, 0.2) is 30.3 Å². The summed E-state index contributed by atoms with van der Waals surface area (Å²) in [5.41, 5.74) is 2.54. The molecule has 1 aromatic carbocycles. The third kappa shape index (κ3) is 5.59. The molecule has 2 fully saturated rings. The number of para-hydroxylation sites is 1. The number of aliphatic carboxylic acids is 1. The lowest BCUT2D eigenvalue weighted by Gasteiger charge is -2.50. The van der Waals surface area contributed by atoms with Gasteiger partial charge in [-0.1, -0.05) is 12.1 Å². The Labute approximate surface area is 200 Å². The zero-order valence-electron chi connectivity index (χ0n) is 19.3. The van der Waals surface area contributed by atoms with Crippen molar-refractivity contribution in [3.63, 3.8) is 0 Å². The average Bonchev–Trinajstić information content (AvgIpc) is 2.84. The standard InChI is InChI=1S/C21H28N6O.C2HF3O2/c1-14-19-13-26(15-6-8-22-9-7-15)10-11-27(19)18-12-17(24-25-21(18)23-14)16-4-2-3-5-20(16)28;3-2(4,5)1(6)7/h2-5,12,14-15,19,22,28H,6-11,13H2,1H3,(H,23,25);(H,6,7)/t14-,19-;/m0./s1. The van der Waals surface area contributed by atoms with Crippen molar-refractivity contribution in [2.75, 3.05) is 42.9 Å². The SMILES string of the molecule is C[C@@H]1Nc2nnc(-c3ccccc3O)cc2N2CCN(C3CCNCC3)C[C@@H]12.O=C(O)C(F)(F)F. The van der Waals surface area contributed by atoms with Crippen LogP contribution in [0.4, 0.5) is 24.7 Å². The first kappa shape index (κ1) is 25.0. The molecule has 3 aliphatic rings. The molecule has 3 aliphatic heterocycles. The number of aromatic nitrogens is 2. The molecule has 0 spiro atoms. The van der Waals surface area contributed by atoms with Crippen molar-refractivity contribution in [2.24, 2.45) is 0 Å². The number of hydrogen-bond acceptors (Lipinski definition) is 8. The molecule has 0 saturated carbocycles.